The van der Waals surface area contributed by atoms with Crippen LogP contribution in [0.25, 0.3) is 22.8 Å². The predicted octanol–water partition coefficient (Wildman–Crippen LogP) is 3.22. The lowest BCUT2D eigenvalue weighted by molar-refractivity contribution is 0.266. The van der Waals surface area contributed by atoms with E-state index >= 15 is 0 Å². The minimum atomic E-state index is 0.624. The van der Waals surface area contributed by atoms with Crippen molar-refractivity contribution < 1.29 is 4.52 Å². The molecule has 134 valence electrons. The SMILES string of the molecule is CN(Cc1cnc(-c2ccccn2)nc1)Cc1cc(-c2ccncc2)no1. The molecule has 0 aliphatic rings. The summed E-state index contributed by atoms with van der Waals surface area (Å²) in [5.74, 6) is 1.43. The van der Waals surface area contributed by atoms with Gasteiger partial charge in [-0.05, 0) is 31.3 Å². The second-order valence-electron chi connectivity index (χ2n) is 6.22. The van der Waals surface area contributed by atoms with Crippen LogP contribution in [0, 0.1) is 0 Å². The van der Waals surface area contributed by atoms with E-state index in [0.29, 0.717) is 18.9 Å². The van der Waals surface area contributed by atoms with Crippen molar-refractivity contribution in [3.05, 3.63) is 78.7 Å². The molecule has 7 nitrogen and oxygen atoms in total. The fraction of sp³-hybridized carbons (Fsp3) is 0.150. The molecular formula is C20H18N6O. The highest BCUT2D eigenvalue weighted by Gasteiger charge is 2.10. The Kier molecular flexibility index (Phi) is 4.93. The number of rotatable bonds is 6. The van der Waals surface area contributed by atoms with Crippen molar-refractivity contribution in [1.29, 1.82) is 0 Å². The van der Waals surface area contributed by atoms with E-state index in [1.165, 1.54) is 0 Å². The molecular weight excluding hydrogens is 340 g/mol. The van der Waals surface area contributed by atoms with E-state index in [4.69, 9.17) is 4.52 Å². The van der Waals surface area contributed by atoms with Crippen molar-refractivity contribution in [2.75, 3.05) is 7.05 Å². The number of pyridine rings is 2. The Morgan fingerprint density at radius 3 is 2.44 bits per heavy atom. The molecule has 0 amide bonds. The van der Waals surface area contributed by atoms with Crippen LogP contribution in [0.4, 0.5) is 0 Å². The normalized spacial score (nSPS) is 11.0. The molecule has 7 heteroatoms. The molecule has 0 atom stereocenters. The molecule has 0 unspecified atom stereocenters. The molecule has 0 radical (unpaired) electrons. The Morgan fingerprint density at radius 1 is 0.889 bits per heavy atom. The predicted molar refractivity (Wildman–Crippen MR) is 100 cm³/mol. The third kappa shape index (κ3) is 4.21. The van der Waals surface area contributed by atoms with Gasteiger partial charge in [0.05, 0.1) is 6.54 Å². The topological polar surface area (TPSA) is 80.8 Å². The van der Waals surface area contributed by atoms with Crippen LogP contribution in [0.2, 0.25) is 0 Å². The lowest BCUT2D eigenvalue weighted by Gasteiger charge is -2.14. The summed E-state index contributed by atoms with van der Waals surface area (Å²) >= 11 is 0. The second-order valence-corrected chi connectivity index (χ2v) is 6.22. The van der Waals surface area contributed by atoms with Gasteiger partial charge in [0.1, 0.15) is 11.4 Å². The van der Waals surface area contributed by atoms with Crippen molar-refractivity contribution in [2.24, 2.45) is 0 Å². The van der Waals surface area contributed by atoms with Gasteiger partial charge in [-0.2, -0.15) is 0 Å². The summed E-state index contributed by atoms with van der Waals surface area (Å²) in [6, 6.07) is 11.5. The van der Waals surface area contributed by atoms with Gasteiger partial charge in [-0.15, -0.1) is 0 Å². The molecule has 0 fully saturated rings. The Morgan fingerprint density at radius 2 is 1.70 bits per heavy atom. The number of nitrogens with zero attached hydrogens (tertiary/aromatic N) is 6. The minimum Gasteiger partial charge on any atom is -0.359 e. The van der Waals surface area contributed by atoms with Gasteiger partial charge in [-0.1, -0.05) is 11.2 Å². The highest BCUT2D eigenvalue weighted by Crippen LogP contribution is 2.19. The Balaban J connectivity index is 1.38. The number of aromatic nitrogens is 5. The maximum atomic E-state index is 5.45. The van der Waals surface area contributed by atoms with Gasteiger partial charge in [0.25, 0.3) is 0 Å². The van der Waals surface area contributed by atoms with Crippen molar-refractivity contribution in [3.63, 3.8) is 0 Å². The molecule has 27 heavy (non-hydrogen) atoms. The molecule has 0 spiro atoms. The Hall–Kier alpha value is -3.45. The molecule has 4 rings (SSSR count). The molecule has 4 heterocycles. The fourth-order valence-corrected chi connectivity index (χ4v) is 2.74. The Labute approximate surface area is 156 Å². The summed E-state index contributed by atoms with van der Waals surface area (Å²) in [6.45, 7) is 1.34. The largest absolute Gasteiger partial charge is 0.359 e. The average molecular weight is 358 g/mol. The first-order valence-electron chi connectivity index (χ1n) is 8.55. The average Bonchev–Trinajstić information content (AvgIpc) is 3.18. The van der Waals surface area contributed by atoms with Crippen LogP contribution < -0.4 is 0 Å². The molecule has 4 aromatic heterocycles. The van der Waals surface area contributed by atoms with Gasteiger partial charge < -0.3 is 4.52 Å². The highest BCUT2D eigenvalue weighted by atomic mass is 16.5. The van der Waals surface area contributed by atoms with E-state index in [-0.39, 0.29) is 0 Å². The van der Waals surface area contributed by atoms with Crippen molar-refractivity contribution in [1.82, 2.24) is 30.0 Å². The molecule has 0 N–H and O–H groups in total. The van der Waals surface area contributed by atoms with Gasteiger partial charge >= 0.3 is 0 Å². The first-order chi connectivity index (χ1) is 13.3. The zero-order valence-corrected chi connectivity index (χ0v) is 14.9. The van der Waals surface area contributed by atoms with Crippen LogP contribution in [0.15, 0.2) is 71.9 Å². The third-order valence-corrected chi connectivity index (χ3v) is 4.01. The zero-order chi connectivity index (χ0) is 18.5. The molecule has 0 aromatic carbocycles. The van der Waals surface area contributed by atoms with Crippen LogP contribution >= 0.6 is 0 Å². The summed E-state index contributed by atoms with van der Waals surface area (Å²) in [7, 11) is 2.02. The van der Waals surface area contributed by atoms with Gasteiger partial charge in [0, 0.05) is 54.7 Å². The highest BCUT2D eigenvalue weighted by molar-refractivity contribution is 5.57. The van der Waals surface area contributed by atoms with E-state index in [1.807, 2.05) is 55.8 Å². The Bertz CT molecular complexity index is 986. The van der Waals surface area contributed by atoms with Crippen LogP contribution in [-0.2, 0) is 13.1 Å². The van der Waals surface area contributed by atoms with Gasteiger partial charge in [0.15, 0.2) is 11.6 Å². The fourth-order valence-electron chi connectivity index (χ4n) is 2.74. The summed E-state index contributed by atoms with van der Waals surface area (Å²) in [5, 5.41) is 4.13. The van der Waals surface area contributed by atoms with Gasteiger partial charge in [-0.25, -0.2) is 9.97 Å². The maximum Gasteiger partial charge on any atom is 0.178 e. The molecule has 0 saturated carbocycles. The van der Waals surface area contributed by atoms with E-state index in [1.54, 1.807) is 18.6 Å². The summed E-state index contributed by atoms with van der Waals surface area (Å²) in [4.78, 5) is 19.2. The second kappa shape index (κ2) is 7.84. The van der Waals surface area contributed by atoms with Crippen molar-refractivity contribution in [3.8, 4) is 22.8 Å². The number of hydrogen-bond acceptors (Lipinski definition) is 7. The first-order valence-corrected chi connectivity index (χ1v) is 8.55. The molecule has 0 aliphatic heterocycles. The standard InChI is InChI=1S/C20H18N6O/c1-26(14-17-10-19(25-27-17)16-5-8-21-9-6-16)13-15-11-23-20(24-12-15)18-4-2-3-7-22-18/h2-12H,13-14H2,1H3. The van der Waals surface area contributed by atoms with Crippen LogP contribution in [0.3, 0.4) is 0 Å². The smallest absolute Gasteiger partial charge is 0.178 e. The van der Waals surface area contributed by atoms with Crippen LogP contribution in [-0.4, -0.2) is 37.0 Å². The van der Waals surface area contributed by atoms with Gasteiger partial charge in [-0.3, -0.25) is 14.9 Å². The number of hydrogen-bond donors (Lipinski definition) is 0. The van der Waals surface area contributed by atoms with E-state index in [0.717, 1.165) is 28.3 Å². The molecule has 4 aromatic rings. The van der Waals surface area contributed by atoms with E-state index < -0.39 is 0 Å². The van der Waals surface area contributed by atoms with E-state index in [9.17, 15) is 0 Å². The summed E-state index contributed by atoms with van der Waals surface area (Å²) in [5.41, 5.74) is 3.58. The van der Waals surface area contributed by atoms with Crippen LogP contribution in [0.5, 0.6) is 0 Å². The van der Waals surface area contributed by atoms with Crippen molar-refractivity contribution in [2.45, 2.75) is 13.1 Å². The zero-order valence-electron chi connectivity index (χ0n) is 14.9. The van der Waals surface area contributed by atoms with Gasteiger partial charge in [0.2, 0.25) is 0 Å². The molecule has 0 aliphatic carbocycles. The summed E-state index contributed by atoms with van der Waals surface area (Å²) in [6.07, 6.45) is 8.87. The third-order valence-electron chi connectivity index (χ3n) is 4.01. The first kappa shape index (κ1) is 17.0. The quantitative estimate of drug-likeness (QED) is 0.523. The minimum absolute atomic E-state index is 0.624. The van der Waals surface area contributed by atoms with E-state index in [2.05, 4.69) is 30.0 Å². The molecule has 0 bridgehead atoms. The summed E-state index contributed by atoms with van der Waals surface area (Å²) < 4.78 is 5.45. The monoisotopic (exact) mass is 358 g/mol. The van der Waals surface area contributed by atoms with Crippen molar-refractivity contribution >= 4 is 0 Å². The molecule has 0 saturated heterocycles. The van der Waals surface area contributed by atoms with Crippen LogP contribution in [0.1, 0.15) is 11.3 Å². The maximum absolute atomic E-state index is 5.45. The lowest BCUT2D eigenvalue weighted by Crippen LogP contribution is -2.17. The lowest BCUT2D eigenvalue weighted by atomic mass is 10.2.